The molecule has 0 aliphatic rings. The maximum absolute atomic E-state index is 14.0. The highest BCUT2D eigenvalue weighted by atomic mass is 19.4. The molecule has 4 rings (SSSR count). The summed E-state index contributed by atoms with van der Waals surface area (Å²) >= 11 is 0. The lowest BCUT2D eigenvalue weighted by atomic mass is 9.94. The molecule has 1 aromatic heterocycles. The Balaban J connectivity index is 1.60. The predicted octanol–water partition coefficient (Wildman–Crippen LogP) is 6.95. The minimum atomic E-state index is -4.57. The Labute approximate surface area is 219 Å². The Morgan fingerprint density at radius 1 is 0.974 bits per heavy atom. The lowest BCUT2D eigenvalue weighted by molar-refractivity contribution is -0.146. The predicted molar refractivity (Wildman–Crippen MR) is 138 cm³/mol. The van der Waals surface area contributed by atoms with Crippen molar-refractivity contribution in [3.8, 4) is 34.0 Å². The van der Waals surface area contributed by atoms with Gasteiger partial charge in [0.05, 0.1) is 12.7 Å². The van der Waals surface area contributed by atoms with Crippen LogP contribution in [0.25, 0.3) is 34.0 Å². The first-order chi connectivity index (χ1) is 18.0. The summed E-state index contributed by atoms with van der Waals surface area (Å²) in [5.41, 5.74) is 2.36. The molecular weight excluding hydrogens is 495 g/mol. The zero-order valence-corrected chi connectivity index (χ0v) is 21.7. The van der Waals surface area contributed by atoms with E-state index in [2.05, 4.69) is 10.1 Å². The van der Waals surface area contributed by atoms with Gasteiger partial charge >= 0.3 is 12.1 Å². The number of aryl methyl sites for hydroxylation is 1. The van der Waals surface area contributed by atoms with Crippen LogP contribution in [0.2, 0.25) is 0 Å². The Morgan fingerprint density at radius 2 is 1.63 bits per heavy atom. The molecule has 0 radical (unpaired) electrons. The lowest BCUT2D eigenvalue weighted by Gasteiger charge is -2.29. The number of hydrogen-bond donors (Lipinski definition) is 0. The number of methoxy groups -OCH3 is 1. The van der Waals surface area contributed by atoms with Crippen LogP contribution in [0.15, 0.2) is 71.3 Å². The molecule has 0 aliphatic heterocycles. The molecule has 4 aromatic rings. The summed E-state index contributed by atoms with van der Waals surface area (Å²) in [5.74, 6) is -0.0751. The minimum absolute atomic E-state index is 0.00841. The molecule has 6 nitrogen and oxygen atoms in total. The van der Waals surface area contributed by atoms with Gasteiger partial charge in [0.2, 0.25) is 5.82 Å². The van der Waals surface area contributed by atoms with E-state index in [1.54, 1.807) is 56.3 Å². The number of benzene rings is 3. The van der Waals surface area contributed by atoms with Gasteiger partial charge in [-0.05, 0) is 62.2 Å². The molecule has 0 N–H and O–H groups in total. The highest BCUT2D eigenvalue weighted by Crippen LogP contribution is 2.40. The first kappa shape index (κ1) is 27.1. The monoisotopic (exact) mass is 523 g/mol. The van der Waals surface area contributed by atoms with Crippen LogP contribution in [0.3, 0.4) is 0 Å². The van der Waals surface area contributed by atoms with E-state index in [4.69, 9.17) is 9.26 Å². The molecule has 0 saturated carbocycles. The normalized spacial score (nSPS) is 13.4. The maximum Gasteiger partial charge on any atom is 0.417 e. The third kappa shape index (κ3) is 5.47. The quantitative estimate of drug-likeness (QED) is 0.244. The third-order valence-corrected chi connectivity index (χ3v) is 6.85. The van der Waals surface area contributed by atoms with Crippen LogP contribution in [-0.4, -0.2) is 41.2 Å². The van der Waals surface area contributed by atoms with Crippen molar-refractivity contribution in [1.29, 1.82) is 0 Å². The number of likely N-dealkylation sites (N-methyl/N-ethyl adjacent to an activating group) is 1. The molecule has 9 heteroatoms. The van der Waals surface area contributed by atoms with Crippen molar-refractivity contribution in [2.24, 2.45) is 0 Å². The molecule has 198 valence electrons. The first-order valence-electron chi connectivity index (χ1n) is 12.0. The standard InChI is InChI=1S/C29H28F3N3O3/c1-17-8-6-7-9-23(17)24-15-14-22(16-25(24)29(30,31)32)27-33-26(34-38-27)21-12-10-20(11-13-21)18(2)35(4)19(3)28(36)37-5/h6-16,18-19H,1-5H3/t18?,19-/m0/s1. The van der Waals surface area contributed by atoms with Crippen LogP contribution in [0.4, 0.5) is 13.2 Å². The van der Waals surface area contributed by atoms with E-state index < -0.39 is 17.8 Å². The second-order valence-electron chi connectivity index (χ2n) is 9.16. The second kappa shape index (κ2) is 10.8. The fourth-order valence-corrected chi connectivity index (χ4v) is 4.30. The van der Waals surface area contributed by atoms with Crippen molar-refractivity contribution in [3.63, 3.8) is 0 Å². The van der Waals surface area contributed by atoms with E-state index in [1.165, 1.54) is 13.2 Å². The van der Waals surface area contributed by atoms with Crippen molar-refractivity contribution in [1.82, 2.24) is 15.0 Å². The highest BCUT2D eigenvalue weighted by Gasteiger charge is 2.35. The Kier molecular flexibility index (Phi) is 7.68. The molecule has 0 fully saturated rings. The molecular formula is C29H28F3N3O3. The number of alkyl halides is 3. The Hall–Kier alpha value is -3.98. The molecule has 0 amide bonds. The van der Waals surface area contributed by atoms with E-state index in [9.17, 15) is 18.0 Å². The molecule has 2 atom stereocenters. The number of aromatic nitrogens is 2. The number of hydrogen-bond acceptors (Lipinski definition) is 6. The average Bonchev–Trinajstić information content (AvgIpc) is 3.41. The summed E-state index contributed by atoms with van der Waals surface area (Å²) in [6, 6.07) is 17.9. The van der Waals surface area contributed by atoms with Crippen LogP contribution in [0.1, 0.15) is 36.6 Å². The van der Waals surface area contributed by atoms with Crippen molar-refractivity contribution < 1.29 is 27.2 Å². The van der Waals surface area contributed by atoms with Crippen molar-refractivity contribution in [2.75, 3.05) is 14.2 Å². The van der Waals surface area contributed by atoms with Gasteiger partial charge in [0, 0.05) is 17.2 Å². The van der Waals surface area contributed by atoms with Crippen LogP contribution in [0, 0.1) is 6.92 Å². The fraction of sp³-hybridized carbons (Fsp3) is 0.276. The summed E-state index contributed by atoms with van der Waals surface area (Å²) in [6.07, 6.45) is -4.57. The summed E-state index contributed by atoms with van der Waals surface area (Å²) in [4.78, 5) is 18.1. The summed E-state index contributed by atoms with van der Waals surface area (Å²) in [6.45, 7) is 5.52. The smallest absolute Gasteiger partial charge is 0.417 e. The van der Waals surface area contributed by atoms with Gasteiger partial charge in [-0.1, -0.05) is 59.8 Å². The summed E-state index contributed by atoms with van der Waals surface area (Å²) in [5, 5.41) is 3.98. The van der Waals surface area contributed by atoms with Crippen LogP contribution >= 0.6 is 0 Å². The van der Waals surface area contributed by atoms with E-state index in [0.29, 0.717) is 11.1 Å². The van der Waals surface area contributed by atoms with Gasteiger partial charge in [-0.25, -0.2) is 0 Å². The Morgan fingerprint density at radius 3 is 2.26 bits per heavy atom. The third-order valence-electron chi connectivity index (χ3n) is 6.85. The van der Waals surface area contributed by atoms with Crippen LogP contribution < -0.4 is 0 Å². The highest BCUT2D eigenvalue weighted by molar-refractivity contribution is 5.75. The SMILES string of the molecule is COC(=O)[C@H](C)N(C)C(C)c1ccc(-c2noc(-c3ccc(-c4ccccc4C)c(C(F)(F)F)c3)n2)cc1. The van der Waals surface area contributed by atoms with E-state index in [0.717, 1.165) is 17.2 Å². The molecule has 1 unspecified atom stereocenters. The molecule has 0 bridgehead atoms. The number of carbonyl (C=O) groups excluding carboxylic acids is 1. The fourth-order valence-electron chi connectivity index (χ4n) is 4.30. The van der Waals surface area contributed by atoms with Crippen LogP contribution in [-0.2, 0) is 15.7 Å². The topological polar surface area (TPSA) is 68.5 Å². The average molecular weight is 524 g/mol. The van der Waals surface area contributed by atoms with E-state index in [1.807, 2.05) is 31.0 Å². The lowest BCUT2D eigenvalue weighted by Crippen LogP contribution is -2.38. The molecule has 0 saturated heterocycles. The molecule has 1 heterocycles. The van der Waals surface area contributed by atoms with Crippen molar-refractivity contribution in [2.45, 2.75) is 39.0 Å². The number of nitrogens with zero attached hydrogens (tertiary/aromatic N) is 3. The first-order valence-corrected chi connectivity index (χ1v) is 12.0. The van der Waals surface area contributed by atoms with Gasteiger partial charge in [-0.15, -0.1) is 0 Å². The van der Waals surface area contributed by atoms with Gasteiger partial charge in [0.15, 0.2) is 0 Å². The zero-order chi connectivity index (χ0) is 27.6. The second-order valence-corrected chi connectivity index (χ2v) is 9.16. The minimum Gasteiger partial charge on any atom is -0.468 e. The molecule has 38 heavy (non-hydrogen) atoms. The van der Waals surface area contributed by atoms with Gasteiger partial charge in [-0.3, -0.25) is 9.69 Å². The van der Waals surface area contributed by atoms with Crippen LogP contribution in [0.5, 0.6) is 0 Å². The van der Waals surface area contributed by atoms with Gasteiger partial charge in [0.25, 0.3) is 5.89 Å². The summed E-state index contributed by atoms with van der Waals surface area (Å²) in [7, 11) is 3.19. The molecule has 3 aromatic carbocycles. The van der Waals surface area contributed by atoms with Crippen molar-refractivity contribution in [3.05, 3.63) is 83.4 Å². The van der Waals surface area contributed by atoms with Gasteiger partial charge in [0.1, 0.15) is 6.04 Å². The molecule has 0 aliphatic carbocycles. The number of esters is 1. The molecule has 0 spiro atoms. The van der Waals surface area contributed by atoms with Gasteiger partial charge in [-0.2, -0.15) is 18.2 Å². The summed E-state index contributed by atoms with van der Waals surface area (Å²) < 4.78 is 52.2. The number of rotatable bonds is 7. The largest absolute Gasteiger partial charge is 0.468 e. The maximum atomic E-state index is 14.0. The number of carbonyl (C=O) groups is 1. The van der Waals surface area contributed by atoms with Crippen molar-refractivity contribution >= 4 is 5.97 Å². The zero-order valence-electron chi connectivity index (χ0n) is 21.7. The number of ether oxygens (including phenoxy) is 1. The van der Waals surface area contributed by atoms with E-state index >= 15 is 0 Å². The van der Waals surface area contributed by atoms with Gasteiger partial charge < -0.3 is 9.26 Å². The number of halogens is 3. The Bertz CT molecular complexity index is 1430. The van der Waals surface area contributed by atoms with E-state index in [-0.39, 0.29) is 34.9 Å².